The molecule has 3 heterocycles. The summed E-state index contributed by atoms with van der Waals surface area (Å²) in [6.07, 6.45) is 7.94. The summed E-state index contributed by atoms with van der Waals surface area (Å²) in [4.78, 5) is 2.63. The first-order chi connectivity index (χ1) is 11.3. The molecule has 1 atom stereocenters. The fourth-order valence-electron chi connectivity index (χ4n) is 4.13. The molecule has 23 heavy (non-hydrogen) atoms. The molecule has 2 fully saturated rings. The third kappa shape index (κ3) is 3.48. The molecule has 4 heteroatoms. The van der Waals surface area contributed by atoms with Crippen LogP contribution in [0, 0.1) is 5.41 Å². The van der Waals surface area contributed by atoms with E-state index in [9.17, 15) is 0 Å². The summed E-state index contributed by atoms with van der Waals surface area (Å²) in [5.74, 6) is 0. The normalized spacial score (nSPS) is 25.2. The second-order valence-corrected chi connectivity index (χ2v) is 7.26. The number of benzene rings is 1. The predicted octanol–water partition coefficient (Wildman–Crippen LogP) is 2.51. The van der Waals surface area contributed by atoms with Gasteiger partial charge in [-0.25, -0.2) is 0 Å². The van der Waals surface area contributed by atoms with Crippen molar-refractivity contribution in [2.24, 2.45) is 5.41 Å². The predicted molar refractivity (Wildman–Crippen MR) is 92.2 cm³/mol. The lowest BCUT2D eigenvalue weighted by Crippen LogP contribution is -2.41. The number of piperidine rings is 1. The van der Waals surface area contributed by atoms with E-state index in [1.807, 2.05) is 23.1 Å². The highest BCUT2D eigenvalue weighted by molar-refractivity contribution is 5.23. The van der Waals surface area contributed by atoms with Crippen LogP contribution in [-0.4, -0.2) is 40.9 Å². The number of aromatic nitrogens is 2. The maximum Gasteiger partial charge on any atom is 0.0659 e. The van der Waals surface area contributed by atoms with Crippen LogP contribution in [0.25, 0.3) is 0 Å². The molecule has 1 aromatic heterocycles. The molecule has 0 unspecified atom stereocenters. The maximum absolute atomic E-state index is 4.27. The van der Waals surface area contributed by atoms with Crippen LogP contribution in [0.1, 0.15) is 30.4 Å². The summed E-state index contributed by atoms with van der Waals surface area (Å²) in [6, 6.07) is 11.0. The Balaban J connectivity index is 1.34. The quantitative estimate of drug-likeness (QED) is 0.942. The van der Waals surface area contributed by atoms with Crippen LogP contribution < -0.4 is 5.32 Å². The van der Waals surface area contributed by atoms with Gasteiger partial charge in [0.1, 0.15) is 0 Å². The second-order valence-electron chi connectivity index (χ2n) is 7.26. The van der Waals surface area contributed by atoms with Gasteiger partial charge in [-0.2, -0.15) is 5.10 Å². The molecule has 2 aliphatic rings. The van der Waals surface area contributed by atoms with E-state index in [4.69, 9.17) is 0 Å². The minimum absolute atomic E-state index is 0.554. The lowest BCUT2D eigenvalue weighted by molar-refractivity contribution is 0.199. The fraction of sp³-hybridized carbons (Fsp3) is 0.526. The van der Waals surface area contributed by atoms with Gasteiger partial charge in [0.2, 0.25) is 0 Å². The van der Waals surface area contributed by atoms with E-state index in [1.54, 1.807) is 0 Å². The highest BCUT2D eigenvalue weighted by Gasteiger charge is 2.38. The molecule has 0 bridgehead atoms. The van der Waals surface area contributed by atoms with Crippen molar-refractivity contribution in [3.05, 3.63) is 53.9 Å². The van der Waals surface area contributed by atoms with Crippen molar-refractivity contribution in [1.29, 1.82) is 0 Å². The Labute approximate surface area is 138 Å². The number of hydrogen-bond donors (Lipinski definition) is 1. The summed E-state index contributed by atoms with van der Waals surface area (Å²) in [5, 5.41) is 7.86. The first kappa shape index (κ1) is 14.9. The summed E-state index contributed by atoms with van der Waals surface area (Å²) in [5.41, 5.74) is 3.29. The van der Waals surface area contributed by atoms with Gasteiger partial charge in [0, 0.05) is 32.0 Å². The van der Waals surface area contributed by atoms with E-state index in [1.165, 1.54) is 56.6 Å². The largest absolute Gasteiger partial charge is 0.316 e. The molecular weight excluding hydrogens is 284 g/mol. The van der Waals surface area contributed by atoms with E-state index in [-0.39, 0.29) is 0 Å². The number of hydrogen-bond acceptors (Lipinski definition) is 3. The zero-order valence-electron chi connectivity index (χ0n) is 13.7. The van der Waals surface area contributed by atoms with Crippen LogP contribution in [0.2, 0.25) is 0 Å². The SMILES string of the molecule is c1cnn(Cc2ccc(CN3CC[C@@]4(CCCNC4)C3)cc2)c1. The molecule has 122 valence electrons. The summed E-state index contributed by atoms with van der Waals surface area (Å²) in [6.45, 7) is 6.87. The Kier molecular flexibility index (Phi) is 4.19. The third-order valence-electron chi connectivity index (χ3n) is 5.41. The van der Waals surface area contributed by atoms with Crippen molar-refractivity contribution in [1.82, 2.24) is 20.0 Å². The molecule has 4 nitrogen and oxygen atoms in total. The van der Waals surface area contributed by atoms with Crippen molar-refractivity contribution >= 4 is 0 Å². The van der Waals surface area contributed by atoms with Gasteiger partial charge in [-0.05, 0) is 55.0 Å². The zero-order valence-corrected chi connectivity index (χ0v) is 13.7. The Bertz CT molecular complexity index is 611. The molecule has 4 rings (SSSR count). The minimum Gasteiger partial charge on any atom is -0.316 e. The molecular formula is C19H26N4. The Morgan fingerprint density at radius 1 is 1.09 bits per heavy atom. The Morgan fingerprint density at radius 2 is 1.91 bits per heavy atom. The first-order valence-electron chi connectivity index (χ1n) is 8.80. The molecule has 1 N–H and O–H groups in total. The molecule has 2 aliphatic heterocycles. The molecule has 0 saturated carbocycles. The van der Waals surface area contributed by atoms with Crippen LogP contribution in [0.5, 0.6) is 0 Å². The van der Waals surface area contributed by atoms with Gasteiger partial charge >= 0.3 is 0 Å². The Morgan fingerprint density at radius 3 is 2.61 bits per heavy atom. The molecule has 0 amide bonds. The van der Waals surface area contributed by atoms with Crippen molar-refractivity contribution in [2.75, 3.05) is 26.2 Å². The molecule has 1 spiro atoms. The van der Waals surface area contributed by atoms with Crippen molar-refractivity contribution < 1.29 is 0 Å². The van der Waals surface area contributed by atoms with Crippen LogP contribution in [0.3, 0.4) is 0 Å². The minimum atomic E-state index is 0.554. The van der Waals surface area contributed by atoms with Gasteiger partial charge in [-0.15, -0.1) is 0 Å². The smallest absolute Gasteiger partial charge is 0.0659 e. The molecule has 2 aromatic rings. The van der Waals surface area contributed by atoms with Crippen molar-refractivity contribution in [3.63, 3.8) is 0 Å². The van der Waals surface area contributed by atoms with Gasteiger partial charge in [0.25, 0.3) is 0 Å². The van der Waals surface area contributed by atoms with Crippen molar-refractivity contribution in [3.8, 4) is 0 Å². The lowest BCUT2D eigenvalue weighted by Gasteiger charge is -2.34. The lowest BCUT2D eigenvalue weighted by atomic mass is 9.80. The summed E-state index contributed by atoms with van der Waals surface area (Å²) < 4.78 is 1.97. The molecule has 0 radical (unpaired) electrons. The highest BCUT2D eigenvalue weighted by atomic mass is 15.3. The number of rotatable bonds is 4. The van der Waals surface area contributed by atoms with Crippen LogP contribution in [0.15, 0.2) is 42.7 Å². The molecule has 1 aromatic carbocycles. The van der Waals surface area contributed by atoms with E-state index in [0.717, 1.165) is 13.1 Å². The van der Waals surface area contributed by atoms with Gasteiger partial charge in [-0.3, -0.25) is 9.58 Å². The van der Waals surface area contributed by atoms with Crippen molar-refractivity contribution in [2.45, 2.75) is 32.4 Å². The first-order valence-corrected chi connectivity index (χ1v) is 8.80. The van der Waals surface area contributed by atoms with Gasteiger partial charge in [0.15, 0.2) is 0 Å². The van der Waals surface area contributed by atoms with E-state index in [2.05, 4.69) is 39.6 Å². The van der Waals surface area contributed by atoms with E-state index < -0.39 is 0 Å². The number of likely N-dealkylation sites (tertiary alicyclic amines) is 1. The van der Waals surface area contributed by atoms with Crippen LogP contribution in [-0.2, 0) is 13.1 Å². The number of nitrogens with zero attached hydrogens (tertiary/aromatic N) is 3. The van der Waals surface area contributed by atoms with Gasteiger partial charge in [0.05, 0.1) is 6.54 Å². The Hall–Kier alpha value is -1.65. The third-order valence-corrected chi connectivity index (χ3v) is 5.41. The topological polar surface area (TPSA) is 33.1 Å². The molecule has 2 saturated heterocycles. The monoisotopic (exact) mass is 310 g/mol. The standard InChI is InChI=1S/C19H26N4/c1-7-19(15-20-9-1)8-12-22(16-19)13-17-3-5-18(6-4-17)14-23-11-2-10-21-23/h2-6,10-11,20H,1,7-9,12-16H2/t19-/m1/s1. The fourth-order valence-corrected chi connectivity index (χ4v) is 4.13. The van der Waals surface area contributed by atoms with Crippen LogP contribution >= 0.6 is 0 Å². The average molecular weight is 310 g/mol. The summed E-state index contributed by atoms with van der Waals surface area (Å²) >= 11 is 0. The zero-order chi connectivity index (χ0) is 15.5. The summed E-state index contributed by atoms with van der Waals surface area (Å²) in [7, 11) is 0. The highest BCUT2D eigenvalue weighted by Crippen LogP contribution is 2.36. The van der Waals surface area contributed by atoms with Gasteiger partial charge < -0.3 is 5.32 Å². The number of nitrogens with one attached hydrogen (secondary N) is 1. The van der Waals surface area contributed by atoms with Gasteiger partial charge in [-0.1, -0.05) is 24.3 Å². The average Bonchev–Trinajstić information content (AvgIpc) is 3.21. The second kappa shape index (κ2) is 6.46. The molecule has 0 aliphatic carbocycles. The van der Waals surface area contributed by atoms with Crippen LogP contribution in [0.4, 0.5) is 0 Å². The van der Waals surface area contributed by atoms with E-state index in [0.29, 0.717) is 5.41 Å². The maximum atomic E-state index is 4.27. The van der Waals surface area contributed by atoms with E-state index >= 15 is 0 Å².